The highest BCUT2D eigenvalue weighted by Crippen LogP contribution is 2.28. The molecule has 2 aromatic carbocycles. The van der Waals surface area contributed by atoms with Crippen molar-refractivity contribution in [2.75, 3.05) is 13.1 Å². The number of nitrogens with two attached hydrogens (primary N) is 1. The SMILES string of the molecule is CC(C)c1ccc(-n2nc(C(=O)N3CCC[C@@H](N)C3)cc2-c2ccc(C#N)cc2)c(F)c1. The molecule has 1 fully saturated rings. The number of amides is 1. The van der Waals surface area contributed by atoms with Crippen molar-refractivity contribution in [1.29, 1.82) is 5.26 Å². The van der Waals surface area contributed by atoms with E-state index in [4.69, 9.17) is 11.0 Å². The van der Waals surface area contributed by atoms with Gasteiger partial charge in [0.25, 0.3) is 5.91 Å². The Labute approximate surface area is 187 Å². The Kier molecular flexibility index (Phi) is 6.06. The smallest absolute Gasteiger partial charge is 0.274 e. The molecule has 4 rings (SSSR count). The fourth-order valence-corrected chi connectivity index (χ4v) is 4.00. The van der Waals surface area contributed by atoms with Crippen molar-refractivity contribution in [1.82, 2.24) is 14.7 Å². The Morgan fingerprint density at radius 2 is 1.97 bits per heavy atom. The van der Waals surface area contributed by atoms with E-state index >= 15 is 4.39 Å². The van der Waals surface area contributed by atoms with Gasteiger partial charge in [-0.25, -0.2) is 9.07 Å². The summed E-state index contributed by atoms with van der Waals surface area (Å²) in [7, 11) is 0. The lowest BCUT2D eigenvalue weighted by molar-refractivity contribution is 0.0702. The number of hydrogen-bond acceptors (Lipinski definition) is 4. The lowest BCUT2D eigenvalue weighted by atomic mass is 10.0. The zero-order valence-electron chi connectivity index (χ0n) is 18.3. The average Bonchev–Trinajstić information content (AvgIpc) is 3.23. The summed E-state index contributed by atoms with van der Waals surface area (Å²) in [5, 5.41) is 13.6. The van der Waals surface area contributed by atoms with Gasteiger partial charge in [0.05, 0.1) is 17.3 Å². The molecule has 2 N–H and O–H groups in total. The van der Waals surface area contributed by atoms with E-state index in [-0.39, 0.29) is 29.2 Å². The van der Waals surface area contributed by atoms with Gasteiger partial charge in [0.15, 0.2) is 5.69 Å². The lowest BCUT2D eigenvalue weighted by Crippen LogP contribution is -2.45. The normalized spacial score (nSPS) is 16.2. The standard InChI is InChI=1S/C25H26FN5O/c1-16(2)19-9-10-23(21(26)12-19)31-24(18-7-5-17(14-27)6-8-18)13-22(29-31)25(32)30-11-3-4-20(28)15-30/h5-10,12-13,16,20H,3-4,11,15,28H2,1-2H3/t20-/m1/s1. The molecule has 1 saturated heterocycles. The first-order valence-corrected chi connectivity index (χ1v) is 10.8. The molecule has 3 aromatic rings. The topological polar surface area (TPSA) is 87.9 Å². The molecule has 0 unspecified atom stereocenters. The van der Waals surface area contributed by atoms with Gasteiger partial charge in [-0.2, -0.15) is 10.4 Å². The van der Waals surface area contributed by atoms with Crippen molar-refractivity contribution in [3.8, 4) is 23.0 Å². The third-order valence-corrected chi connectivity index (χ3v) is 5.85. The van der Waals surface area contributed by atoms with Gasteiger partial charge in [0.1, 0.15) is 11.5 Å². The number of rotatable bonds is 4. The average molecular weight is 432 g/mol. The third kappa shape index (κ3) is 4.27. The quantitative estimate of drug-likeness (QED) is 0.669. The van der Waals surface area contributed by atoms with Crippen molar-refractivity contribution in [3.05, 3.63) is 71.2 Å². The van der Waals surface area contributed by atoms with Crippen LogP contribution in [0, 0.1) is 17.1 Å². The monoisotopic (exact) mass is 431 g/mol. The van der Waals surface area contributed by atoms with Crippen LogP contribution in [0.15, 0.2) is 48.5 Å². The molecule has 1 aliphatic rings. The van der Waals surface area contributed by atoms with Crippen molar-refractivity contribution < 1.29 is 9.18 Å². The third-order valence-electron chi connectivity index (χ3n) is 5.85. The first kappa shape index (κ1) is 21.7. The van der Waals surface area contributed by atoms with E-state index in [1.54, 1.807) is 41.3 Å². The van der Waals surface area contributed by atoms with E-state index in [0.29, 0.717) is 24.3 Å². The number of halogens is 1. The second kappa shape index (κ2) is 8.93. The predicted molar refractivity (Wildman–Crippen MR) is 121 cm³/mol. The highest BCUT2D eigenvalue weighted by molar-refractivity contribution is 5.93. The van der Waals surface area contributed by atoms with Crippen LogP contribution in [0.3, 0.4) is 0 Å². The maximum Gasteiger partial charge on any atom is 0.274 e. The largest absolute Gasteiger partial charge is 0.336 e. The summed E-state index contributed by atoms with van der Waals surface area (Å²) in [4.78, 5) is 14.9. The second-order valence-corrected chi connectivity index (χ2v) is 8.53. The summed E-state index contributed by atoms with van der Waals surface area (Å²) in [6.45, 7) is 5.12. The van der Waals surface area contributed by atoms with Crippen LogP contribution >= 0.6 is 0 Å². The van der Waals surface area contributed by atoms with Crippen LogP contribution in [-0.2, 0) is 0 Å². The first-order chi connectivity index (χ1) is 15.4. The highest BCUT2D eigenvalue weighted by Gasteiger charge is 2.26. The number of piperidine rings is 1. The van der Waals surface area contributed by atoms with Crippen molar-refractivity contribution in [3.63, 3.8) is 0 Å². The Morgan fingerprint density at radius 1 is 1.22 bits per heavy atom. The zero-order valence-corrected chi connectivity index (χ0v) is 18.3. The van der Waals surface area contributed by atoms with Gasteiger partial charge in [0, 0.05) is 24.7 Å². The molecule has 1 aliphatic heterocycles. The van der Waals surface area contributed by atoms with Gasteiger partial charge >= 0.3 is 0 Å². The second-order valence-electron chi connectivity index (χ2n) is 8.53. The molecule has 1 amide bonds. The van der Waals surface area contributed by atoms with Gasteiger partial charge in [0.2, 0.25) is 0 Å². The maximum atomic E-state index is 15.1. The fraction of sp³-hybridized carbons (Fsp3) is 0.320. The summed E-state index contributed by atoms with van der Waals surface area (Å²) in [6.07, 6.45) is 1.74. The van der Waals surface area contributed by atoms with Gasteiger partial charge in [-0.3, -0.25) is 4.79 Å². The number of benzene rings is 2. The number of likely N-dealkylation sites (tertiary alicyclic amines) is 1. The molecule has 0 spiro atoms. The Bertz CT molecular complexity index is 1180. The molecule has 1 aromatic heterocycles. The van der Waals surface area contributed by atoms with E-state index in [1.807, 2.05) is 19.9 Å². The van der Waals surface area contributed by atoms with E-state index in [1.165, 1.54) is 10.7 Å². The number of nitriles is 1. The number of aromatic nitrogens is 2. The molecule has 0 aliphatic carbocycles. The predicted octanol–water partition coefficient (Wildman–Crippen LogP) is 4.24. The van der Waals surface area contributed by atoms with E-state index in [9.17, 15) is 4.79 Å². The zero-order chi connectivity index (χ0) is 22.8. The van der Waals surface area contributed by atoms with Crippen molar-refractivity contribution >= 4 is 5.91 Å². The van der Waals surface area contributed by atoms with Crippen LogP contribution in [0.2, 0.25) is 0 Å². The van der Waals surface area contributed by atoms with E-state index in [0.717, 1.165) is 24.0 Å². The van der Waals surface area contributed by atoms with Crippen LogP contribution in [0.5, 0.6) is 0 Å². The summed E-state index contributed by atoms with van der Waals surface area (Å²) in [5.41, 5.74) is 9.28. The Hall–Kier alpha value is -3.50. The molecule has 0 bridgehead atoms. The summed E-state index contributed by atoms with van der Waals surface area (Å²) in [6, 6.07) is 15.7. The number of carbonyl (C=O) groups excluding carboxylic acids is 1. The van der Waals surface area contributed by atoms with Crippen LogP contribution in [0.4, 0.5) is 4.39 Å². The van der Waals surface area contributed by atoms with Gasteiger partial charge in [-0.1, -0.05) is 32.0 Å². The van der Waals surface area contributed by atoms with Crippen LogP contribution in [0.1, 0.15) is 54.2 Å². The van der Waals surface area contributed by atoms with E-state index in [2.05, 4.69) is 11.2 Å². The van der Waals surface area contributed by atoms with Crippen molar-refractivity contribution in [2.45, 2.75) is 38.6 Å². The van der Waals surface area contributed by atoms with Gasteiger partial charge in [-0.05, 0) is 54.7 Å². The molecule has 6 nitrogen and oxygen atoms in total. The highest BCUT2D eigenvalue weighted by atomic mass is 19.1. The first-order valence-electron chi connectivity index (χ1n) is 10.8. The number of nitrogens with zero attached hydrogens (tertiary/aromatic N) is 4. The molecule has 164 valence electrons. The Morgan fingerprint density at radius 3 is 2.59 bits per heavy atom. The molecule has 1 atom stereocenters. The summed E-state index contributed by atoms with van der Waals surface area (Å²) in [5.74, 6) is -0.434. The number of hydrogen-bond donors (Lipinski definition) is 1. The maximum absolute atomic E-state index is 15.1. The Balaban J connectivity index is 1.80. The van der Waals surface area contributed by atoms with Gasteiger partial charge in [-0.15, -0.1) is 0 Å². The molecule has 0 radical (unpaired) electrons. The molecule has 2 heterocycles. The summed E-state index contributed by atoms with van der Waals surface area (Å²) < 4.78 is 16.6. The van der Waals surface area contributed by atoms with Crippen LogP contribution in [0.25, 0.3) is 16.9 Å². The molecule has 32 heavy (non-hydrogen) atoms. The minimum Gasteiger partial charge on any atom is -0.336 e. The van der Waals surface area contributed by atoms with Crippen molar-refractivity contribution in [2.24, 2.45) is 5.73 Å². The minimum atomic E-state index is -0.409. The van der Waals surface area contributed by atoms with Crippen LogP contribution < -0.4 is 5.73 Å². The molecule has 0 saturated carbocycles. The minimum absolute atomic E-state index is 0.0474. The summed E-state index contributed by atoms with van der Waals surface area (Å²) >= 11 is 0. The molecular formula is C25H26FN5O. The van der Waals surface area contributed by atoms with E-state index < -0.39 is 5.82 Å². The lowest BCUT2D eigenvalue weighted by Gasteiger charge is -2.30. The molecule has 7 heteroatoms. The number of carbonyl (C=O) groups is 1. The fourth-order valence-electron chi connectivity index (χ4n) is 4.00. The molecular weight excluding hydrogens is 405 g/mol. The van der Waals surface area contributed by atoms with Gasteiger partial charge < -0.3 is 10.6 Å². The van der Waals surface area contributed by atoms with Crippen LogP contribution in [-0.4, -0.2) is 39.7 Å².